The fourth-order valence-corrected chi connectivity index (χ4v) is 3.08. The first-order valence-electron chi connectivity index (χ1n) is 8.61. The highest BCUT2D eigenvalue weighted by Gasteiger charge is 2.32. The molecule has 2 rings (SSSR count). The van der Waals surface area contributed by atoms with Crippen LogP contribution in [0.15, 0.2) is 18.2 Å². The molecule has 0 bridgehead atoms. The molecular formula is C19H25ClN2O4. The summed E-state index contributed by atoms with van der Waals surface area (Å²) in [6.07, 6.45) is 1.20. The number of carbonyl (C=O) groups excluding carboxylic acids is 3. The second-order valence-corrected chi connectivity index (χ2v) is 7.90. The Morgan fingerprint density at radius 2 is 1.81 bits per heavy atom. The number of amides is 2. The number of methoxy groups -OCH3 is 1. The van der Waals surface area contributed by atoms with Gasteiger partial charge in [-0.2, -0.15) is 0 Å². The number of nitrogens with zero attached hydrogens (tertiary/aromatic N) is 1. The van der Waals surface area contributed by atoms with Crippen molar-refractivity contribution in [3.8, 4) is 0 Å². The average molecular weight is 381 g/mol. The molecule has 26 heavy (non-hydrogen) atoms. The van der Waals surface area contributed by atoms with Gasteiger partial charge in [0.05, 0.1) is 23.4 Å². The third-order valence-corrected chi connectivity index (χ3v) is 4.77. The highest BCUT2D eigenvalue weighted by atomic mass is 35.5. The van der Waals surface area contributed by atoms with Crippen LogP contribution in [0.25, 0.3) is 0 Å². The molecule has 0 aliphatic carbocycles. The first-order chi connectivity index (χ1) is 12.1. The predicted molar refractivity (Wildman–Crippen MR) is 100 cm³/mol. The number of nitrogens with one attached hydrogen (secondary N) is 1. The number of ether oxygens (including phenoxy) is 1. The molecule has 1 saturated heterocycles. The molecule has 1 aromatic rings. The topological polar surface area (TPSA) is 75.7 Å². The van der Waals surface area contributed by atoms with Crippen LogP contribution in [0.3, 0.4) is 0 Å². The van der Waals surface area contributed by atoms with Gasteiger partial charge in [-0.1, -0.05) is 32.4 Å². The van der Waals surface area contributed by atoms with Gasteiger partial charge in [0.1, 0.15) is 0 Å². The van der Waals surface area contributed by atoms with Crippen molar-refractivity contribution in [1.82, 2.24) is 4.90 Å². The summed E-state index contributed by atoms with van der Waals surface area (Å²) in [4.78, 5) is 38.3. The molecule has 1 aliphatic rings. The van der Waals surface area contributed by atoms with Gasteiger partial charge in [0.15, 0.2) is 0 Å². The van der Waals surface area contributed by atoms with Gasteiger partial charge in [0.2, 0.25) is 11.8 Å². The van der Waals surface area contributed by atoms with E-state index < -0.39 is 11.4 Å². The average Bonchev–Trinajstić information content (AvgIpc) is 2.61. The molecule has 1 heterocycles. The van der Waals surface area contributed by atoms with Gasteiger partial charge in [0.25, 0.3) is 0 Å². The maximum Gasteiger partial charge on any atom is 0.337 e. The number of hydrogen-bond acceptors (Lipinski definition) is 4. The highest BCUT2D eigenvalue weighted by Crippen LogP contribution is 2.27. The summed E-state index contributed by atoms with van der Waals surface area (Å²) < 4.78 is 4.68. The normalized spacial score (nSPS) is 15.5. The van der Waals surface area contributed by atoms with Crippen LogP contribution in [-0.4, -0.2) is 42.9 Å². The van der Waals surface area contributed by atoms with E-state index in [9.17, 15) is 14.4 Å². The van der Waals surface area contributed by atoms with Gasteiger partial charge in [-0.25, -0.2) is 4.79 Å². The molecule has 142 valence electrons. The summed E-state index contributed by atoms with van der Waals surface area (Å²) in [6.45, 7) is 6.80. The van der Waals surface area contributed by atoms with E-state index >= 15 is 0 Å². The van der Waals surface area contributed by atoms with Crippen LogP contribution >= 0.6 is 11.6 Å². The molecule has 0 aromatic heterocycles. The Labute approximate surface area is 158 Å². The van der Waals surface area contributed by atoms with Crippen LogP contribution in [0.2, 0.25) is 5.02 Å². The molecule has 6 nitrogen and oxygen atoms in total. The molecule has 1 aliphatic heterocycles. The lowest BCUT2D eigenvalue weighted by molar-refractivity contribution is -0.142. The molecule has 0 spiro atoms. The maximum atomic E-state index is 12.6. The monoisotopic (exact) mass is 380 g/mol. The highest BCUT2D eigenvalue weighted by molar-refractivity contribution is 6.33. The minimum absolute atomic E-state index is 0.102. The van der Waals surface area contributed by atoms with Crippen molar-refractivity contribution >= 4 is 35.1 Å². The second kappa shape index (κ2) is 8.08. The first-order valence-corrected chi connectivity index (χ1v) is 8.99. The Hall–Kier alpha value is -2.08. The molecule has 2 amide bonds. The van der Waals surface area contributed by atoms with Gasteiger partial charge >= 0.3 is 5.97 Å². The lowest BCUT2D eigenvalue weighted by Crippen LogP contribution is -2.45. The van der Waals surface area contributed by atoms with Crippen molar-refractivity contribution in [2.45, 2.75) is 33.6 Å². The quantitative estimate of drug-likeness (QED) is 0.816. The number of likely N-dealkylation sites (tertiary alicyclic amines) is 1. The largest absolute Gasteiger partial charge is 0.465 e. The number of rotatable bonds is 3. The zero-order valence-electron chi connectivity index (χ0n) is 15.6. The zero-order chi connectivity index (χ0) is 19.5. The second-order valence-electron chi connectivity index (χ2n) is 7.49. The number of halogens is 1. The third kappa shape index (κ3) is 4.75. The van der Waals surface area contributed by atoms with Crippen molar-refractivity contribution in [1.29, 1.82) is 0 Å². The molecule has 1 fully saturated rings. The van der Waals surface area contributed by atoms with Crippen LogP contribution in [0, 0.1) is 11.3 Å². The van der Waals surface area contributed by atoms with Crippen molar-refractivity contribution < 1.29 is 19.1 Å². The molecule has 0 saturated carbocycles. The van der Waals surface area contributed by atoms with Crippen LogP contribution in [0.5, 0.6) is 0 Å². The summed E-state index contributed by atoms with van der Waals surface area (Å²) in [5, 5.41) is 3.14. The fraction of sp³-hybridized carbons (Fsp3) is 0.526. The van der Waals surface area contributed by atoms with Crippen LogP contribution < -0.4 is 5.32 Å². The van der Waals surface area contributed by atoms with Gasteiger partial charge in [-0.3, -0.25) is 9.59 Å². The van der Waals surface area contributed by atoms with Gasteiger partial charge in [-0.15, -0.1) is 0 Å². The minimum Gasteiger partial charge on any atom is -0.465 e. The molecule has 0 atom stereocenters. The molecule has 7 heteroatoms. The molecule has 1 aromatic carbocycles. The summed E-state index contributed by atoms with van der Waals surface area (Å²) in [7, 11) is 1.29. The smallest absolute Gasteiger partial charge is 0.337 e. The van der Waals surface area contributed by atoms with Crippen LogP contribution in [-0.2, 0) is 14.3 Å². The standard InChI is InChI=1S/C19H25ClN2O4/c1-19(2,3)18(25)22-9-7-12(8-10-22)16(23)21-15-11-13(17(24)26-4)5-6-14(15)20/h5-6,11-12H,7-10H2,1-4H3,(H,21,23). The zero-order valence-corrected chi connectivity index (χ0v) is 16.4. The number of benzene rings is 1. The lowest BCUT2D eigenvalue weighted by atomic mass is 9.90. The SMILES string of the molecule is COC(=O)c1ccc(Cl)c(NC(=O)C2CCN(C(=O)C(C)(C)C)CC2)c1. The summed E-state index contributed by atoms with van der Waals surface area (Å²) >= 11 is 6.12. The predicted octanol–water partition coefficient (Wildman–Crippen LogP) is 3.35. The minimum atomic E-state index is -0.494. The molecular weight excluding hydrogens is 356 g/mol. The summed E-state index contributed by atoms with van der Waals surface area (Å²) in [6, 6.07) is 4.60. The van der Waals surface area contributed by atoms with Crippen LogP contribution in [0.4, 0.5) is 5.69 Å². The van der Waals surface area contributed by atoms with E-state index in [2.05, 4.69) is 10.1 Å². The molecule has 1 N–H and O–H groups in total. The van der Waals surface area contributed by atoms with E-state index in [0.717, 1.165) is 0 Å². The van der Waals surface area contributed by atoms with Gasteiger partial charge in [-0.05, 0) is 31.0 Å². The van der Waals surface area contributed by atoms with Crippen LogP contribution in [0.1, 0.15) is 44.0 Å². The Bertz CT molecular complexity index is 704. The van der Waals surface area contributed by atoms with E-state index in [1.165, 1.54) is 13.2 Å². The Morgan fingerprint density at radius 1 is 1.19 bits per heavy atom. The van der Waals surface area contributed by atoms with E-state index in [0.29, 0.717) is 42.2 Å². The van der Waals surface area contributed by atoms with Crippen molar-refractivity contribution in [2.24, 2.45) is 11.3 Å². The Kier molecular flexibility index (Phi) is 6.29. The third-order valence-electron chi connectivity index (χ3n) is 4.44. The first kappa shape index (κ1) is 20.2. The van der Waals surface area contributed by atoms with Crippen molar-refractivity contribution in [3.05, 3.63) is 28.8 Å². The van der Waals surface area contributed by atoms with E-state index in [4.69, 9.17) is 11.6 Å². The number of esters is 1. The number of hydrogen-bond donors (Lipinski definition) is 1. The van der Waals surface area contributed by atoms with E-state index in [-0.39, 0.29) is 17.7 Å². The Balaban J connectivity index is 2.00. The van der Waals surface area contributed by atoms with Crippen molar-refractivity contribution in [2.75, 3.05) is 25.5 Å². The van der Waals surface area contributed by atoms with Gasteiger partial charge < -0.3 is 15.0 Å². The number of carbonyl (C=O) groups is 3. The number of anilines is 1. The summed E-state index contributed by atoms with van der Waals surface area (Å²) in [5.41, 5.74) is 0.280. The molecule has 0 radical (unpaired) electrons. The van der Waals surface area contributed by atoms with Crippen molar-refractivity contribution in [3.63, 3.8) is 0 Å². The lowest BCUT2D eigenvalue weighted by Gasteiger charge is -2.35. The Morgan fingerprint density at radius 3 is 2.35 bits per heavy atom. The van der Waals surface area contributed by atoms with E-state index in [1.807, 2.05) is 25.7 Å². The van der Waals surface area contributed by atoms with E-state index in [1.54, 1.807) is 12.1 Å². The number of piperidine rings is 1. The fourth-order valence-electron chi connectivity index (χ4n) is 2.92. The molecule has 0 unspecified atom stereocenters. The van der Waals surface area contributed by atoms with Gasteiger partial charge in [0, 0.05) is 24.4 Å². The maximum absolute atomic E-state index is 12.6. The summed E-state index contributed by atoms with van der Waals surface area (Å²) in [5.74, 6) is -0.745.